The van der Waals surface area contributed by atoms with E-state index in [4.69, 9.17) is 10.3 Å². The molecule has 1 aromatic heterocycles. The molecule has 1 unspecified atom stereocenters. The summed E-state index contributed by atoms with van der Waals surface area (Å²) >= 11 is 0. The number of nitrogens with one attached hydrogen (secondary N) is 1. The fraction of sp³-hybridized carbons (Fsp3) is 0.667. The Morgan fingerprint density at radius 3 is 2.53 bits per heavy atom. The maximum absolute atomic E-state index is 5.65. The standard InChI is InChI=1S/C12H20N2O/c13-14-12(11-7-8-15-9-11)10-5-3-1-2-4-6-10/h7-10,12,14H,1-6,13H2. The summed E-state index contributed by atoms with van der Waals surface area (Å²) in [4.78, 5) is 0. The van der Waals surface area contributed by atoms with E-state index >= 15 is 0 Å². The quantitative estimate of drug-likeness (QED) is 0.456. The largest absolute Gasteiger partial charge is 0.472 e. The van der Waals surface area contributed by atoms with Crippen molar-refractivity contribution in [3.8, 4) is 0 Å². The summed E-state index contributed by atoms with van der Waals surface area (Å²) in [6.07, 6.45) is 11.5. The summed E-state index contributed by atoms with van der Waals surface area (Å²) in [6.45, 7) is 0. The average Bonchev–Trinajstić information content (AvgIpc) is 2.63. The van der Waals surface area contributed by atoms with Gasteiger partial charge in [-0.1, -0.05) is 25.7 Å². The Morgan fingerprint density at radius 1 is 1.27 bits per heavy atom. The first-order valence-corrected chi connectivity index (χ1v) is 5.90. The van der Waals surface area contributed by atoms with Crippen LogP contribution in [0, 0.1) is 5.92 Å². The van der Waals surface area contributed by atoms with Gasteiger partial charge in [0.1, 0.15) is 0 Å². The van der Waals surface area contributed by atoms with Gasteiger partial charge in [-0.15, -0.1) is 0 Å². The van der Waals surface area contributed by atoms with E-state index in [1.807, 2.05) is 6.07 Å². The van der Waals surface area contributed by atoms with Crippen molar-refractivity contribution in [1.82, 2.24) is 5.43 Å². The Morgan fingerprint density at radius 2 is 2.00 bits per heavy atom. The molecule has 2 rings (SSSR count). The van der Waals surface area contributed by atoms with E-state index in [-0.39, 0.29) is 6.04 Å². The molecule has 1 saturated carbocycles. The SMILES string of the molecule is NNC(c1ccoc1)C1CCCCCC1. The van der Waals surface area contributed by atoms with Crippen molar-refractivity contribution in [2.24, 2.45) is 11.8 Å². The van der Waals surface area contributed by atoms with Crippen molar-refractivity contribution in [3.63, 3.8) is 0 Å². The molecule has 0 radical (unpaired) electrons. The number of rotatable bonds is 3. The fourth-order valence-electron chi connectivity index (χ4n) is 2.60. The third kappa shape index (κ3) is 2.61. The Balaban J connectivity index is 2.04. The number of furan rings is 1. The van der Waals surface area contributed by atoms with Crippen molar-refractivity contribution in [1.29, 1.82) is 0 Å². The highest BCUT2D eigenvalue weighted by molar-refractivity contribution is 5.12. The molecule has 15 heavy (non-hydrogen) atoms. The zero-order valence-corrected chi connectivity index (χ0v) is 9.11. The molecule has 84 valence electrons. The van der Waals surface area contributed by atoms with Crippen molar-refractivity contribution in [2.45, 2.75) is 44.6 Å². The molecule has 3 heteroatoms. The molecule has 0 aliphatic heterocycles. The lowest BCUT2D eigenvalue weighted by molar-refractivity contribution is 0.327. The maximum atomic E-state index is 5.65. The lowest BCUT2D eigenvalue weighted by Crippen LogP contribution is -2.33. The summed E-state index contributed by atoms with van der Waals surface area (Å²) in [5.74, 6) is 6.32. The molecule has 0 spiro atoms. The van der Waals surface area contributed by atoms with Crippen LogP contribution in [-0.2, 0) is 0 Å². The van der Waals surface area contributed by atoms with Gasteiger partial charge in [0.05, 0.1) is 18.6 Å². The van der Waals surface area contributed by atoms with Gasteiger partial charge in [0.15, 0.2) is 0 Å². The van der Waals surface area contributed by atoms with E-state index in [2.05, 4.69) is 5.43 Å². The summed E-state index contributed by atoms with van der Waals surface area (Å²) in [7, 11) is 0. The molecule has 1 aromatic rings. The van der Waals surface area contributed by atoms with E-state index in [1.165, 1.54) is 44.1 Å². The zero-order chi connectivity index (χ0) is 10.5. The highest BCUT2D eigenvalue weighted by Crippen LogP contribution is 2.33. The van der Waals surface area contributed by atoms with E-state index in [9.17, 15) is 0 Å². The lowest BCUT2D eigenvalue weighted by atomic mass is 9.89. The Bertz CT molecular complexity index is 263. The first-order valence-electron chi connectivity index (χ1n) is 5.90. The maximum Gasteiger partial charge on any atom is 0.0950 e. The van der Waals surface area contributed by atoms with Crippen LogP contribution in [0.15, 0.2) is 23.0 Å². The monoisotopic (exact) mass is 208 g/mol. The number of hydrogen-bond acceptors (Lipinski definition) is 3. The second-order valence-corrected chi connectivity index (χ2v) is 4.45. The van der Waals surface area contributed by atoms with Gasteiger partial charge < -0.3 is 4.42 Å². The third-order valence-electron chi connectivity index (χ3n) is 3.45. The van der Waals surface area contributed by atoms with Crippen LogP contribution in [0.25, 0.3) is 0 Å². The first-order chi connectivity index (χ1) is 7.42. The fourth-order valence-corrected chi connectivity index (χ4v) is 2.60. The van der Waals surface area contributed by atoms with Crippen LogP contribution >= 0.6 is 0 Å². The predicted octanol–water partition coefficient (Wildman–Crippen LogP) is 2.75. The highest BCUT2D eigenvalue weighted by Gasteiger charge is 2.23. The molecule has 3 nitrogen and oxygen atoms in total. The smallest absolute Gasteiger partial charge is 0.0950 e. The van der Waals surface area contributed by atoms with Gasteiger partial charge in [-0.2, -0.15) is 0 Å². The van der Waals surface area contributed by atoms with Gasteiger partial charge in [0.2, 0.25) is 0 Å². The lowest BCUT2D eigenvalue weighted by Gasteiger charge is -2.24. The Hall–Kier alpha value is -0.800. The molecule has 0 bridgehead atoms. The minimum Gasteiger partial charge on any atom is -0.472 e. The predicted molar refractivity (Wildman–Crippen MR) is 60.0 cm³/mol. The molecule has 0 amide bonds. The molecule has 0 saturated heterocycles. The van der Waals surface area contributed by atoms with Crippen molar-refractivity contribution >= 4 is 0 Å². The van der Waals surface area contributed by atoms with Crippen molar-refractivity contribution < 1.29 is 4.42 Å². The molecule has 1 aliphatic carbocycles. The van der Waals surface area contributed by atoms with Crippen LogP contribution < -0.4 is 11.3 Å². The Labute approximate surface area is 91.0 Å². The van der Waals surface area contributed by atoms with Crippen LogP contribution in [-0.4, -0.2) is 0 Å². The molecule has 1 atom stereocenters. The van der Waals surface area contributed by atoms with Crippen LogP contribution in [0.5, 0.6) is 0 Å². The van der Waals surface area contributed by atoms with Gasteiger partial charge >= 0.3 is 0 Å². The van der Waals surface area contributed by atoms with Crippen molar-refractivity contribution in [3.05, 3.63) is 24.2 Å². The van der Waals surface area contributed by atoms with Gasteiger partial charge in [-0.05, 0) is 24.8 Å². The van der Waals surface area contributed by atoms with Gasteiger partial charge in [-0.3, -0.25) is 11.3 Å². The van der Waals surface area contributed by atoms with Gasteiger partial charge in [-0.25, -0.2) is 0 Å². The third-order valence-corrected chi connectivity index (χ3v) is 3.45. The van der Waals surface area contributed by atoms with Crippen LogP contribution in [0.2, 0.25) is 0 Å². The molecular weight excluding hydrogens is 188 g/mol. The van der Waals surface area contributed by atoms with E-state index in [1.54, 1.807) is 12.5 Å². The summed E-state index contributed by atoms with van der Waals surface area (Å²) in [5, 5.41) is 0. The van der Waals surface area contributed by atoms with Crippen molar-refractivity contribution in [2.75, 3.05) is 0 Å². The zero-order valence-electron chi connectivity index (χ0n) is 9.11. The number of hydrazine groups is 1. The summed E-state index contributed by atoms with van der Waals surface area (Å²) in [6, 6.07) is 2.27. The minimum absolute atomic E-state index is 0.266. The normalized spacial score (nSPS) is 21.1. The van der Waals surface area contributed by atoms with E-state index in [0.29, 0.717) is 5.92 Å². The Kier molecular flexibility index (Phi) is 3.80. The summed E-state index contributed by atoms with van der Waals surface area (Å²) < 4.78 is 5.12. The van der Waals surface area contributed by atoms with Crippen LogP contribution in [0.4, 0.5) is 0 Å². The van der Waals surface area contributed by atoms with Crippen LogP contribution in [0.3, 0.4) is 0 Å². The van der Waals surface area contributed by atoms with Crippen LogP contribution in [0.1, 0.15) is 50.1 Å². The second kappa shape index (κ2) is 5.33. The topological polar surface area (TPSA) is 51.2 Å². The molecule has 1 aliphatic rings. The molecule has 0 aromatic carbocycles. The second-order valence-electron chi connectivity index (χ2n) is 4.45. The van der Waals surface area contributed by atoms with E-state index in [0.717, 1.165) is 0 Å². The average molecular weight is 208 g/mol. The van der Waals surface area contributed by atoms with Gasteiger partial charge in [0.25, 0.3) is 0 Å². The highest BCUT2D eigenvalue weighted by atomic mass is 16.3. The number of nitrogens with two attached hydrogens (primary N) is 1. The van der Waals surface area contributed by atoms with Gasteiger partial charge in [0, 0.05) is 5.56 Å². The molecular formula is C12H20N2O. The minimum atomic E-state index is 0.266. The first kappa shape index (κ1) is 10.7. The molecule has 1 fully saturated rings. The number of hydrogen-bond donors (Lipinski definition) is 2. The molecule has 3 N–H and O–H groups in total. The summed E-state index contributed by atoms with van der Waals surface area (Å²) in [5.41, 5.74) is 4.13. The van der Waals surface area contributed by atoms with E-state index < -0.39 is 0 Å². The molecule has 1 heterocycles.